The third-order valence-corrected chi connectivity index (χ3v) is 3.69. The SMILES string of the molecule is N#Cc1cccc(-c2cccc(C(=O)C(=O)c3ccccc3)c2)c1. The second-order valence-electron chi connectivity index (χ2n) is 5.30. The van der Waals surface area contributed by atoms with Gasteiger partial charge in [-0.05, 0) is 29.3 Å². The van der Waals surface area contributed by atoms with Crippen molar-refractivity contribution in [1.82, 2.24) is 0 Å². The van der Waals surface area contributed by atoms with Crippen LogP contribution < -0.4 is 0 Å². The normalized spacial score (nSPS) is 9.96. The van der Waals surface area contributed by atoms with Gasteiger partial charge in [0.05, 0.1) is 11.6 Å². The number of carbonyl (C=O) groups is 2. The lowest BCUT2D eigenvalue weighted by Gasteiger charge is -2.05. The fraction of sp³-hybridized carbons (Fsp3) is 0. The van der Waals surface area contributed by atoms with Crippen LogP contribution in [-0.2, 0) is 0 Å². The minimum Gasteiger partial charge on any atom is -0.285 e. The fourth-order valence-electron chi connectivity index (χ4n) is 2.46. The van der Waals surface area contributed by atoms with Crippen molar-refractivity contribution < 1.29 is 9.59 Å². The summed E-state index contributed by atoms with van der Waals surface area (Å²) in [5, 5.41) is 9.00. The van der Waals surface area contributed by atoms with Crippen LogP contribution in [0.25, 0.3) is 11.1 Å². The van der Waals surface area contributed by atoms with Gasteiger partial charge in [0.2, 0.25) is 11.6 Å². The molecule has 3 nitrogen and oxygen atoms in total. The number of Topliss-reactive ketones (excluding diaryl/α,β-unsaturated/α-hetero) is 2. The zero-order valence-corrected chi connectivity index (χ0v) is 12.8. The summed E-state index contributed by atoms with van der Waals surface area (Å²) >= 11 is 0. The van der Waals surface area contributed by atoms with Crippen LogP contribution >= 0.6 is 0 Å². The lowest BCUT2D eigenvalue weighted by Crippen LogP contribution is -2.14. The Balaban J connectivity index is 1.94. The maximum absolute atomic E-state index is 12.4. The van der Waals surface area contributed by atoms with Crippen molar-refractivity contribution in [2.45, 2.75) is 0 Å². The number of carbonyl (C=O) groups excluding carboxylic acids is 2. The molecule has 0 bridgehead atoms. The highest BCUT2D eigenvalue weighted by atomic mass is 16.2. The molecule has 0 heterocycles. The zero-order chi connectivity index (χ0) is 16.9. The quantitative estimate of drug-likeness (QED) is 0.533. The number of rotatable bonds is 4. The largest absolute Gasteiger partial charge is 0.285 e. The predicted octanol–water partition coefficient (Wildman–Crippen LogP) is 4.29. The van der Waals surface area contributed by atoms with Crippen molar-refractivity contribution in [2.24, 2.45) is 0 Å². The van der Waals surface area contributed by atoms with Gasteiger partial charge in [0.25, 0.3) is 0 Å². The van der Waals surface area contributed by atoms with Crippen molar-refractivity contribution >= 4 is 11.6 Å². The van der Waals surface area contributed by atoms with E-state index in [9.17, 15) is 9.59 Å². The van der Waals surface area contributed by atoms with E-state index in [4.69, 9.17) is 5.26 Å². The van der Waals surface area contributed by atoms with E-state index >= 15 is 0 Å². The standard InChI is InChI=1S/C21H13NO2/c22-14-15-6-4-9-17(12-15)18-10-5-11-19(13-18)21(24)20(23)16-7-2-1-3-8-16/h1-13H. The van der Waals surface area contributed by atoms with Gasteiger partial charge >= 0.3 is 0 Å². The molecule has 3 heteroatoms. The smallest absolute Gasteiger partial charge is 0.233 e. The second kappa shape index (κ2) is 6.72. The molecule has 0 spiro atoms. The highest BCUT2D eigenvalue weighted by Gasteiger charge is 2.18. The highest BCUT2D eigenvalue weighted by Crippen LogP contribution is 2.22. The predicted molar refractivity (Wildman–Crippen MR) is 91.7 cm³/mol. The van der Waals surface area contributed by atoms with Crippen molar-refractivity contribution in [3.63, 3.8) is 0 Å². The maximum atomic E-state index is 12.4. The summed E-state index contributed by atoms with van der Waals surface area (Å²) in [5.41, 5.74) is 2.88. The van der Waals surface area contributed by atoms with Gasteiger partial charge in [-0.25, -0.2) is 0 Å². The van der Waals surface area contributed by atoms with Crippen LogP contribution in [0.4, 0.5) is 0 Å². The summed E-state index contributed by atoms with van der Waals surface area (Å²) in [4.78, 5) is 24.8. The summed E-state index contributed by atoms with van der Waals surface area (Å²) in [6.07, 6.45) is 0. The number of ketones is 2. The molecule has 0 atom stereocenters. The number of nitriles is 1. The first-order valence-corrected chi connectivity index (χ1v) is 7.44. The molecular formula is C21H13NO2. The van der Waals surface area contributed by atoms with Gasteiger partial charge in [-0.3, -0.25) is 9.59 Å². The Kier molecular flexibility index (Phi) is 4.31. The first kappa shape index (κ1) is 15.4. The van der Waals surface area contributed by atoms with Gasteiger partial charge in [0.1, 0.15) is 0 Å². The maximum Gasteiger partial charge on any atom is 0.233 e. The monoisotopic (exact) mass is 311 g/mol. The lowest BCUT2D eigenvalue weighted by molar-refractivity contribution is 0.0817. The van der Waals surface area contributed by atoms with Gasteiger partial charge in [0.15, 0.2) is 0 Å². The fourth-order valence-corrected chi connectivity index (χ4v) is 2.46. The first-order valence-electron chi connectivity index (χ1n) is 7.44. The van der Waals surface area contributed by atoms with Crippen molar-refractivity contribution in [3.8, 4) is 17.2 Å². The number of benzene rings is 3. The Labute approximate surface area is 139 Å². The van der Waals surface area contributed by atoms with E-state index in [2.05, 4.69) is 6.07 Å². The van der Waals surface area contributed by atoms with Gasteiger partial charge in [-0.1, -0.05) is 60.7 Å². The van der Waals surface area contributed by atoms with Crippen LogP contribution in [0.2, 0.25) is 0 Å². The van der Waals surface area contributed by atoms with Crippen LogP contribution in [-0.4, -0.2) is 11.6 Å². The third kappa shape index (κ3) is 3.13. The molecule has 114 valence electrons. The second-order valence-corrected chi connectivity index (χ2v) is 5.30. The van der Waals surface area contributed by atoms with E-state index in [1.165, 1.54) is 0 Å². The Hall–Kier alpha value is -3.51. The molecule has 0 saturated carbocycles. The van der Waals surface area contributed by atoms with E-state index in [-0.39, 0.29) is 0 Å². The van der Waals surface area contributed by atoms with E-state index in [1.807, 2.05) is 12.1 Å². The zero-order valence-electron chi connectivity index (χ0n) is 12.8. The van der Waals surface area contributed by atoms with Crippen LogP contribution in [0.3, 0.4) is 0 Å². The average Bonchev–Trinajstić information content (AvgIpc) is 2.67. The molecule has 0 amide bonds. The highest BCUT2D eigenvalue weighted by molar-refractivity contribution is 6.49. The van der Waals surface area contributed by atoms with Crippen LogP contribution in [0.1, 0.15) is 26.3 Å². The number of hydrogen-bond donors (Lipinski definition) is 0. The molecule has 0 aliphatic rings. The Bertz CT molecular complexity index is 953. The molecule has 0 unspecified atom stereocenters. The Morgan fingerprint density at radius 3 is 1.96 bits per heavy atom. The van der Waals surface area contributed by atoms with Crippen LogP contribution in [0.15, 0.2) is 78.9 Å². The lowest BCUT2D eigenvalue weighted by atomic mass is 9.97. The first-order chi connectivity index (χ1) is 11.7. The average molecular weight is 311 g/mol. The summed E-state index contributed by atoms with van der Waals surface area (Å²) in [5.74, 6) is -1.07. The molecule has 0 fully saturated rings. The van der Waals surface area contributed by atoms with E-state index in [0.717, 1.165) is 11.1 Å². The number of hydrogen-bond acceptors (Lipinski definition) is 3. The minimum absolute atomic E-state index is 0.337. The van der Waals surface area contributed by atoms with Gasteiger partial charge in [-0.2, -0.15) is 5.26 Å². The Morgan fingerprint density at radius 1 is 0.667 bits per heavy atom. The molecule has 0 saturated heterocycles. The molecule has 0 aliphatic heterocycles. The van der Waals surface area contributed by atoms with Gasteiger partial charge in [0, 0.05) is 11.1 Å². The van der Waals surface area contributed by atoms with E-state index < -0.39 is 11.6 Å². The topological polar surface area (TPSA) is 57.9 Å². The molecule has 3 aromatic carbocycles. The van der Waals surface area contributed by atoms with Crippen LogP contribution in [0, 0.1) is 11.3 Å². The summed E-state index contributed by atoms with van der Waals surface area (Å²) in [6, 6.07) is 24.6. The molecule has 0 radical (unpaired) electrons. The summed E-state index contributed by atoms with van der Waals surface area (Å²) < 4.78 is 0. The number of nitrogens with zero attached hydrogens (tertiary/aromatic N) is 1. The van der Waals surface area contributed by atoms with Gasteiger partial charge < -0.3 is 0 Å². The summed E-state index contributed by atoms with van der Waals surface area (Å²) in [7, 11) is 0. The molecular weight excluding hydrogens is 298 g/mol. The summed E-state index contributed by atoms with van der Waals surface area (Å²) in [6.45, 7) is 0. The molecule has 24 heavy (non-hydrogen) atoms. The van der Waals surface area contributed by atoms with Gasteiger partial charge in [-0.15, -0.1) is 0 Å². The van der Waals surface area contributed by atoms with E-state index in [1.54, 1.807) is 66.7 Å². The molecule has 3 rings (SSSR count). The van der Waals surface area contributed by atoms with Crippen LogP contribution in [0.5, 0.6) is 0 Å². The molecule has 0 N–H and O–H groups in total. The molecule has 0 aliphatic carbocycles. The minimum atomic E-state index is -0.542. The third-order valence-electron chi connectivity index (χ3n) is 3.69. The van der Waals surface area contributed by atoms with Crippen molar-refractivity contribution in [3.05, 3.63) is 95.6 Å². The van der Waals surface area contributed by atoms with Crippen molar-refractivity contribution in [1.29, 1.82) is 5.26 Å². The van der Waals surface area contributed by atoms with Crippen molar-refractivity contribution in [2.75, 3.05) is 0 Å². The Morgan fingerprint density at radius 2 is 1.25 bits per heavy atom. The van der Waals surface area contributed by atoms with E-state index in [0.29, 0.717) is 16.7 Å². The molecule has 3 aromatic rings. The molecule has 0 aromatic heterocycles.